The van der Waals surface area contributed by atoms with Crippen molar-refractivity contribution in [3.63, 3.8) is 0 Å². The summed E-state index contributed by atoms with van der Waals surface area (Å²) in [5, 5.41) is 7.46. The van der Waals surface area contributed by atoms with Gasteiger partial charge in [0.1, 0.15) is 4.88 Å². The summed E-state index contributed by atoms with van der Waals surface area (Å²) in [5.74, 6) is 0.498. The number of amides is 1. The van der Waals surface area contributed by atoms with Crippen LogP contribution in [0.1, 0.15) is 47.3 Å². The fourth-order valence-electron chi connectivity index (χ4n) is 2.25. The van der Waals surface area contributed by atoms with Gasteiger partial charge in [0.2, 0.25) is 0 Å². The normalized spacial score (nSPS) is 14.5. The van der Waals surface area contributed by atoms with E-state index in [-0.39, 0.29) is 5.91 Å². The van der Waals surface area contributed by atoms with Crippen LogP contribution in [0.25, 0.3) is 0 Å². The molecular weight excluding hydrogens is 284 g/mol. The summed E-state index contributed by atoms with van der Waals surface area (Å²) >= 11 is 1.50. The Hall–Kier alpha value is -1.27. The maximum atomic E-state index is 12.2. The van der Waals surface area contributed by atoms with Crippen LogP contribution >= 0.6 is 11.3 Å². The topological polar surface area (TPSA) is 70.4 Å². The minimum absolute atomic E-state index is 0.0399. The number of rotatable bonds is 8. The molecule has 1 aliphatic rings. The number of carbonyl (C=O) groups is 1. The molecule has 0 unspecified atom stereocenters. The van der Waals surface area contributed by atoms with Gasteiger partial charge in [-0.1, -0.05) is 6.92 Å². The lowest BCUT2D eigenvalue weighted by Gasteiger charge is -2.11. The maximum Gasteiger partial charge on any atom is 0.263 e. The third-order valence-electron chi connectivity index (χ3n) is 3.56. The summed E-state index contributed by atoms with van der Waals surface area (Å²) in [6.07, 6.45) is 3.29. The largest absolute Gasteiger partial charge is 0.397 e. The number of hydrogen-bond donors (Lipinski definition) is 3. The standard InChI is InChI=1S/C15H26N4OS/c1-4-7-17-14(20)13-12(16)11(10-5-6-10)15(21-13)18-8-9-19(2)3/h10,18H,4-9,16H2,1-3H3,(H,17,20). The predicted molar refractivity (Wildman–Crippen MR) is 90.4 cm³/mol. The highest BCUT2D eigenvalue weighted by Crippen LogP contribution is 2.50. The zero-order valence-electron chi connectivity index (χ0n) is 13.2. The van der Waals surface area contributed by atoms with Crippen molar-refractivity contribution >= 4 is 27.9 Å². The van der Waals surface area contributed by atoms with Gasteiger partial charge in [-0.05, 0) is 39.3 Å². The molecule has 118 valence electrons. The van der Waals surface area contributed by atoms with E-state index in [0.29, 0.717) is 23.0 Å². The summed E-state index contributed by atoms with van der Waals surface area (Å²) in [7, 11) is 4.10. The van der Waals surface area contributed by atoms with Crippen LogP contribution in [0, 0.1) is 0 Å². The van der Waals surface area contributed by atoms with Crippen LogP contribution in [0.4, 0.5) is 10.7 Å². The first-order valence-corrected chi connectivity index (χ1v) is 8.45. The molecule has 5 nitrogen and oxygen atoms in total. The van der Waals surface area contributed by atoms with Gasteiger partial charge in [-0.15, -0.1) is 11.3 Å². The Labute approximate surface area is 130 Å². The first-order valence-electron chi connectivity index (χ1n) is 7.63. The van der Waals surface area contributed by atoms with Crippen molar-refractivity contribution in [2.45, 2.75) is 32.1 Å². The van der Waals surface area contributed by atoms with Crippen molar-refractivity contribution in [3.8, 4) is 0 Å². The first-order chi connectivity index (χ1) is 10.0. The van der Waals surface area contributed by atoms with Gasteiger partial charge in [-0.25, -0.2) is 0 Å². The highest BCUT2D eigenvalue weighted by Gasteiger charge is 2.32. The molecule has 1 saturated carbocycles. The molecule has 0 saturated heterocycles. The number of nitrogens with zero attached hydrogens (tertiary/aromatic N) is 1. The van der Waals surface area contributed by atoms with Crippen molar-refractivity contribution in [2.24, 2.45) is 0 Å². The quantitative estimate of drug-likeness (QED) is 0.689. The number of nitrogens with one attached hydrogen (secondary N) is 2. The molecule has 1 heterocycles. The molecule has 0 spiro atoms. The molecule has 0 bridgehead atoms. The number of nitrogens with two attached hydrogens (primary N) is 1. The maximum absolute atomic E-state index is 12.2. The number of carbonyl (C=O) groups excluding carboxylic acids is 1. The van der Waals surface area contributed by atoms with Crippen molar-refractivity contribution in [3.05, 3.63) is 10.4 Å². The average molecular weight is 310 g/mol. The molecule has 1 aromatic rings. The SMILES string of the molecule is CCCNC(=O)c1sc(NCCN(C)C)c(C2CC2)c1N. The molecule has 2 rings (SSSR count). The van der Waals surface area contributed by atoms with E-state index in [2.05, 4.69) is 29.6 Å². The van der Waals surface area contributed by atoms with Gasteiger partial charge in [-0.3, -0.25) is 4.79 Å². The Kier molecular flexibility index (Phi) is 5.47. The van der Waals surface area contributed by atoms with Gasteiger partial charge >= 0.3 is 0 Å². The van der Waals surface area contributed by atoms with Crippen LogP contribution in [0.5, 0.6) is 0 Å². The smallest absolute Gasteiger partial charge is 0.263 e. The second-order valence-electron chi connectivity index (χ2n) is 5.85. The molecule has 1 aromatic heterocycles. The van der Waals surface area contributed by atoms with Gasteiger partial charge in [0, 0.05) is 25.2 Å². The van der Waals surface area contributed by atoms with Gasteiger partial charge < -0.3 is 21.3 Å². The van der Waals surface area contributed by atoms with E-state index in [9.17, 15) is 4.79 Å². The van der Waals surface area contributed by atoms with E-state index in [0.717, 1.165) is 24.5 Å². The van der Waals surface area contributed by atoms with Gasteiger partial charge in [0.25, 0.3) is 5.91 Å². The van der Waals surface area contributed by atoms with E-state index in [1.807, 2.05) is 6.92 Å². The van der Waals surface area contributed by atoms with Gasteiger partial charge in [-0.2, -0.15) is 0 Å². The van der Waals surface area contributed by atoms with Crippen LogP contribution in [0.2, 0.25) is 0 Å². The van der Waals surface area contributed by atoms with Crippen LogP contribution in [0.3, 0.4) is 0 Å². The van der Waals surface area contributed by atoms with Crippen molar-refractivity contribution in [1.82, 2.24) is 10.2 Å². The molecule has 0 radical (unpaired) electrons. The van der Waals surface area contributed by atoms with Crippen LogP contribution in [0.15, 0.2) is 0 Å². The lowest BCUT2D eigenvalue weighted by molar-refractivity contribution is 0.0958. The molecule has 1 aliphatic carbocycles. The highest BCUT2D eigenvalue weighted by atomic mass is 32.1. The Morgan fingerprint density at radius 2 is 2.10 bits per heavy atom. The van der Waals surface area contributed by atoms with E-state index in [1.54, 1.807) is 0 Å². The van der Waals surface area contributed by atoms with Crippen molar-refractivity contribution in [2.75, 3.05) is 44.8 Å². The minimum Gasteiger partial charge on any atom is -0.397 e. The number of hydrogen-bond acceptors (Lipinski definition) is 5. The molecule has 1 amide bonds. The molecule has 4 N–H and O–H groups in total. The highest BCUT2D eigenvalue weighted by molar-refractivity contribution is 7.18. The average Bonchev–Trinajstić information content (AvgIpc) is 3.21. The second-order valence-corrected chi connectivity index (χ2v) is 6.87. The predicted octanol–water partition coefficient (Wildman–Crippen LogP) is 2.32. The van der Waals surface area contributed by atoms with E-state index >= 15 is 0 Å². The second kappa shape index (κ2) is 7.13. The lowest BCUT2D eigenvalue weighted by atomic mass is 10.1. The Morgan fingerprint density at radius 1 is 1.38 bits per heavy atom. The summed E-state index contributed by atoms with van der Waals surface area (Å²) < 4.78 is 0. The number of likely N-dealkylation sites (N-methyl/N-ethyl adjacent to an activating group) is 1. The van der Waals surface area contributed by atoms with E-state index < -0.39 is 0 Å². The summed E-state index contributed by atoms with van der Waals surface area (Å²) in [4.78, 5) is 15.0. The zero-order valence-corrected chi connectivity index (χ0v) is 14.0. The van der Waals surface area contributed by atoms with Crippen LogP contribution in [-0.4, -0.2) is 44.5 Å². The van der Waals surface area contributed by atoms with Gasteiger partial charge in [0.15, 0.2) is 0 Å². The molecule has 0 aromatic carbocycles. The number of thiophene rings is 1. The Bertz CT molecular complexity index is 494. The third-order valence-corrected chi connectivity index (χ3v) is 4.73. The molecule has 0 aliphatic heterocycles. The fraction of sp³-hybridized carbons (Fsp3) is 0.667. The number of anilines is 2. The molecule has 1 fully saturated rings. The lowest BCUT2D eigenvalue weighted by Crippen LogP contribution is -2.23. The Balaban J connectivity index is 2.13. The first kappa shape index (κ1) is 16.1. The van der Waals surface area contributed by atoms with E-state index in [4.69, 9.17) is 5.73 Å². The number of nitrogen functional groups attached to an aromatic ring is 1. The summed E-state index contributed by atoms with van der Waals surface area (Å²) in [6, 6.07) is 0. The third kappa shape index (κ3) is 4.11. The van der Waals surface area contributed by atoms with Crippen LogP contribution < -0.4 is 16.4 Å². The van der Waals surface area contributed by atoms with E-state index in [1.165, 1.54) is 29.7 Å². The Morgan fingerprint density at radius 3 is 2.67 bits per heavy atom. The van der Waals surface area contributed by atoms with Gasteiger partial charge in [0.05, 0.1) is 10.7 Å². The van der Waals surface area contributed by atoms with Crippen LogP contribution in [-0.2, 0) is 0 Å². The molecule has 0 atom stereocenters. The summed E-state index contributed by atoms with van der Waals surface area (Å²) in [6.45, 7) is 4.56. The fourth-order valence-corrected chi connectivity index (χ4v) is 3.40. The monoisotopic (exact) mass is 310 g/mol. The zero-order chi connectivity index (χ0) is 15.4. The molecular formula is C15H26N4OS. The molecule has 6 heteroatoms. The molecule has 21 heavy (non-hydrogen) atoms. The van der Waals surface area contributed by atoms with Crippen molar-refractivity contribution in [1.29, 1.82) is 0 Å². The summed E-state index contributed by atoms with van der Waals surface area (Å²) in [5.41, 5.74) is 8.10. The minimum atomic E-state index is -0.0399. The van der Waals surface area contributed by atoms with Crippen molar-refractivity contribution < 1.29 is 4.79 Å².